The number of hydrogen-bond donors (Lipinski definition) is 1. The Hall–Kier alpha value is -2.37. The molecule has 110 valence electrons. The Labute approximate surface area is 122 Å². The molecule has 3 rings (SSSR count). The molecule has 1 fully saturated rings. The molecule has 1 N–H and O–H groups in total. The summed E-state index contributed by atoms with van der Waals surface area (Å²) in [6.07, 6.45) is 2.19. The molecule has 2 atom stereocenters. The van der Waals surface area contributed by atoms with Gasteiger partial charge in [0, 0.05) is 13.1 Å². The third-order valence-corrected chi connectivity index (χ3v) is 4.10. The van der Waals surface area contributed by atoms with E-state index in [-0.39, 0.29) is 11.9 Å². The maximum atomic E-state index is 12.5. The van der Waals surface area contributed by atoms with Gasteiger partial charge >= 0.3 is 5.97 Å². The summed E-state index contributed by atoms with van der Waals surface area (Å²) in [5.41, 5.74) is 1.76. The summed E-state index contributed by atoms with van der Waals surface area (Å²) >= 11 is 0. The summed E-state index contributed by atoms with van der Waals surface area (Å²) < 4.78 is 1.84. The Morgan fingerprint density at radius 1 is 1.38 bits per heavy atom. The predicted molar refractivity (Wildman–Crippen MR) is 76.8 cm³/mol. The third kappa shape index (κ3) is 2.37. The van der Waals surface area contributed by atoms with Crippen molar-refractivity contribution in [3.63, 3.8) is 0 Å². The van der Waals surface area contributed by atoms with Crippen molar-refractivity contribution in [1.82, 2.24) is 14.5 Å². The maximum Gasteiger partial charge on any atom is 0.308 e. The zero-order valence-electron chi connectivity index (χ0n) is 11.8. The van der Waals surface area contributed by atoms with E-state index in [1.165, 1.54) is 0 Å². The van der Waals surface area contributed by atoms with Gasteiger partial charge in [-0.25, -0.2) is 4.98 Å². The largest absolute Gasteiger partial charge is 0.481 e. The number of carbonyl (C=O) groups is 2. The first-order valence-corrected chi connectivity index (χ1v) is 7.01. The standard InChI is InChI=1S/C15H17N3O3/c1-10(14(19)17-7-6-11(8-17)15(20)21)18-9-16-12-4-2-3-5-13(12)18/h2-5,9-11H,6-8H2,1H3,(H,20,21). The van der Waals surface area contributed by atoms with Crippen LogP contribution in [0.2, 0.25) is 0 Å². The Bertz CT molecular complexity index is 694. The van der Waals surface area contributed by atoms with Crippen molar-refractivity contribution in [3.05, 3.63) is 30.6 Å². The van der Waals surface area contributed by atoms with E-state index in [0.717, 1.165) is 11.0 Å². The molecule has 1 aliphatic rings. The first-order valence-electron chi connectivity index (χ1n) is 7.01. The average Bonchev–Trinajstić information content (AvgIpc) is 3.12. The predicted octanol–water partition coefficient (Wildman–Crippen LogP) is 1.53. The van der Waals surface area contributed by atoms with Gasteiger partial charge in [-0.2, -0.15) is 0 Å². The number of aromatic nitrogens is 2. The molecular weight excluding hydrogens is 270 g/mol. The highest BCUT2D eigenvalue weighted by atomic mass is 16.4. The topological polar surface area (TPSA) is 75.4 Å². The molecule has 2 heterocycles. The fraction of sp³-hybridized carbons (Fsp3) is 0.400. The van der Waals surface area contributed by atoms with E-state index in [1.54, 1.807) is 11.2 Å². The average molecular weight is 287 g/mol. The molecule has 2 unspecified atom stereocenters. The number of rotatable bonds is 3. The summed E-state index contributed by atoms with van der Waals surface area (Å²) in [6.45, 7) is 2.63. The minimum absolute atomic E-state index is 0.0538. The first kappa shape index (κ1) is 13.6. The number of benzene rings is 1. The monoisotopic (exact) mass is 287 g/mol. The Morgan fingerprint density at radius 3 is 2.86 bits per heavy atom. The van der Waals surface area contributed by atoms with E-state index in [9.17, 15) is 9.59 Å². The Morgan fingerprint density at radius 2 is 2.14 bits per heavy atom. The van der Waals surface area contributed by atoms with Crippen LogP contribution >= 0.6 is 0 Å². The number of aliphatic carboxylic acids is 1. The summed E-state index contributed by atoms with van der Waals surface area (Å²) in [6, 6.07) is 7.26. The molecule has 0 spiro atoms. The van der Waals surface area contributed by atoms with Crippen molar-refractivity contribution in [2.45, 2.75) is 19.4 Å². The van der Waals surface area contributed by atoms with Crippen LogP contribution in [0.3, 0.4) is 0 Å². The SMILES string of the molecule is CC(C(=O)N1CCC(C(=O)O)C1)n1cnc2ccccc21. The third-order valence-electron chi connectivity index (χ3n) is 4.10. The van der Waals surface area contributed by atoms with Gasteiger partial charge in [0.15, 0.2) is 0 Å². The van der Waals surface area contributed by atoms with Gasteiger partial charge in [0.2, 0.25) is 5.91 Å². The molecule has 1 aromatic heterocycles. The minimum atomic E-state index is -0.828. The van der Waals surface area contributed by atoms with Crippen LogP contribution in [-0.2, 0) is 9.59 Å². The van der Waals surface area contributed by atoms with Gasteiger partial charge in [0.1, 0.15) is 6.04 Å². The molecule has 1 aliphatic heterocycles. The number of hydrogen-bond acceptors (Lipinski definition) is 3. The molecule has 0 radical (unpaired) electrons. The first-order chi connectivity index (χ1) is 10.1. The molecule has 2 aromatic rings. The molecule has 6 heteroatoms. The van der Waals surface area contributed by atoms with Gasteiger partial charge in [-0.1, -0.05) is 12.1 Å². The van der Waals surface area contributed by atoms with Crippen molar-refractivity contribution in [2.24, 2.45) is 5.92 Å². The summed E-state index contributed by atoms with van der Waals surface area (Å²) in [5, 5.41) is 9.02. The number of carboxylic acids is 1. The van der Waals surface area contributed by atoms with Crippen LogP contribution in [0.5, 0.6) is 0 Å². The van der Waals surface area contributed by atoms with Gasteiger partial charge in [0.25, 0.3) is 0 Å². The Kier molecular flexibility index (Phi) is 3.37. The highest BCUT2D eigenvalue weighted by Gasteiger charge is 2.33. The van der Waals surface area contributed by atoms with Crippen LogP contribution in [0, 0.1) is 5.92 Å². The Balaban J connectivity index is 1.80. The second-order valence-corrected chi connectivity index (χ2v) is 5.42. The fourth-order valence-corrected chi connectivity index (χ4v) is 2.83. The zero-order valence-corrected chi connectivity index (χ0v) is 11.8. The number of para-hydroxylation sites is 2. The number of carbonyl (C=O) groups excluding carboxylic acids is 1. The fourth-order valence-electron chi connectivity index (χ4n) is 2.83. The highest BCUT2D eigenvalue weighted by molar-refractivity contribution is 5.84. The van der Waals surface area contributed by atoms with Gasteiger partial charge in [0.05, 0.1) is 23.3 Å². The van der Waals surface area contributed by atoms with Crippen molar-refractivity contribution in [2.75, 3.05) is 13.1 Å². The summed E-state index contributed by atoms with van der Waals surface area (Å²) in [4.78, 5) is 29.5. The van der Waals surface area contributed by atoms with Crippen LogP contribution in [0.4, 0.5) is 0 Å². The van der Waals surface area contributed by atoms with Crippen LogP contribution in [0.25, 0.3) is 11.0 Å². The summed E-state index contributed by atoms with van der Waals surface area (Å²) in [7, 11) is 0. The van der Waals surface area contributed by atoms with Crippen LogP contribution < -0.4 is 0 Å². The molecular formula is C15H17N3O3. The molecule has 1 amide bonds. The second kappa shape index (κ2) is 5.20. The van der Waals surface area contributed by atoms with E-state index in [2.05, 4.69) is 4.98 Å². The molecule has 0 saturated carbocycles. The number of nitrogens with zero attached hydrogens (tertiary/aromatic N) is 3. The van der Waals surface area contributed by atoms with Crippen LogP contribution in [0.15, 0.2) is 30.6 Å². The molecule has 6 nitrogen and oxygen atoms in total. The van der Waals surface area contributed by atoms with E-state index in [0.29, 0.717) is 19.5 Å². The number of fused-ring (bicyclic) bond motifs is 1. The van der Waals surface area contributed by atoms with Crippen LogP contribution in [0.1, 0.15) is 19.4 Å². The van der Waals surface area contributed by atoms with Crippen molar-refractivity contribution < 1.29 is 14.7 Å². The maximum absolute atomic E-state index is 12.5. The van der Waals surface area contributed by atoms with E-state index < -0.39 is 11.9 Å². The zero-order chi connectivity index (χ0) is 15.0. The van der Waals surface area contributed by atoms with E-state index >= 15 is 0 Å². The lowest BCUT2D eigenvalue weighted by atomic mass is 10.1. The minimum Gasteiger partial charge on any atom is -0.481 e. The highest BCUT2D eigenvalue weighted by Crippen LogP contribution is 2.23. The quantitative estimate of drug-likeness (QED) is 0.929. The summed E-state index contributed by atoms with van der Waals surface area (Å²) in [5.74, 6) is -1.33. The second-order valence-electron chi connectivity index (χ2n) is 5.42. The van der Waals surface area contributed by atoms with Crippen molar-refractivity contribution in [1.29, 1.82) is 0 Å². The lowest BCUT2D eigenvalue weighted by molar-refractivity contribution is -0.141. The number of likely N-dealkylation sites (tertiary alicyclic amines) is 1. The van der Waals surface area contributed by atoms with Crippen molar-refractivity contribution in [3.8, 4) is 0 Å². The van der Waals surface area contributed by atoms with Crippen molar-refractivity contribution >= 4 is 22.9 Å². The molecule has 1 saturated heterocycles. The van der Waals surface area contributed by atoms with Gasteiger partial charge in [-0.15, -0.1) is 0 Å². The van der Waals surface area contributed by atoms with E-state index in [4.69, 9.17) is 5.11 Å². The van der Waals surface area contributed by atoms with Gasteiger partial charge in [-0.05, 0) is 25.5 Å². The number of amides is 1. The molecule has 0 bridgehead atoms. The lowest BCUT2D eigenvalue weighted by Crippen LogP contribution is -2.35. The normalized spacial score (nSPS) is 19.9. The molecule has 21 heavy (non-hydrogen) atoms. The number of carboxylic acid groups (broad SMARTS) is 1. The molecule has 1 aromatic carbocycles. The smallest absolute Gasteiger partial charge is 0.308 e. The molecule has 0 aliphatic carbocycles. The lowest BCUT2D eigenvalue weighted by Gasteiger charge is -2.22. The number of imidazole rings is 1. The van der Waals surface area contributed by atoms with Gasteiger partial charge in [-0.3, -0.25) is 9.59 Å². The van der Waals surface area contributed by atoms with Gasteiger partial charge < -0.3 is 14.6 Å². The van der Waals surface area contributed by atoms with E-state index in [1.807, 2.05) is 35.8 Å². The van der Waals surface area contributed by atoms with Crippen LogP contribution in [-0.4, -0.2) is 44.5 Å².